The number of hydrogen-bond acceptors (Lipinski definition) is 3. The van der Waals surface area contributed by atoms with Crippen molar-refractivity contribution in [1.82, 2.24) is 5.32 Å². The van der Waals surface area contributed by atoms with Gasteiger partial charge in [-0.15, -0.1) is 0 Å². The van der Waals surface area contributed by atoms with Crippen molar-refractivity contribution in [3.05, 3.63) is 65.5 Å². The highest BCUT2D eigenvalue weighted by Crippen LogP contribution is 2.22. The summed E-state index contributed by atoms with van der Waals surface area (Å²) in [5.74, 6) is -0.340. The molecule has 1 fully saturated rings. The molecule has 3 rings (SSSR count). The van der Waals surface area contributed by atoms with Crippen LogP contribution in [0.2, 0.25) is 0 Å². The first-order chi connectivity index (χ1) is 12.2. The number of benzene rings is 2. The van der Waals surface area contributed by atoms with Crippen LogP contribution in [0.25, 0.3) is 0 Å². The number of rotatable bonds is 6. The summed E-state index contributed by atoms with van der Waals surface area (Å²) in [6.07, 6.45) is 1.99. The molecule has 2 aromatic rings. The number of anilines is 1. The van der Waals surface area contributed by atoms with Gasteiger partial charge in [0.25, 0.3) is 5.91 Å². The summed E-state index contributed by atoms with van der Waals surface area (Å²) < 4.78 is 18.3. The van der Waals surface area contributed by atoms with Crippen LogP contribution in [0.4, 0.5) is 10.1 Å². The Hall–Kier alpha value is -2.40. The highest BCUT2D eigenvalue weighted by Gasteiger charge is 2.22. The predicted octanol–water partition coefficient (Wildman–Crippen LogP) is 3.02. The Morgan fingerprint density at radius 3 is 2.56 bits per heavy atom. The highest BCUT2D eigenvalue weighted by molar-refractivity contribution is 5.94. The lowest BCUT2D eigenvalue weighted by atomic mass is 10.1. The summed E-state index contributed by atoms with van der Waals surface area (Å²) in [6, 6.07) is 14.0. The van der Waals surface area contributed by atoms with Gasteiger partial charge in [0.1, 0.15) is 5.82 Å². The van der Waals surface area contributed by atoms with Crippen LogP contribution in [0, 0.1) is 5.82 Å². The quantitative estimate of drug-likeness (QED) is 0.877. The van der Waals surface area contributed by atoms with Crippen LogP contribution in [-0.2, 0) is 11.2 Å². The molecule has 0 bridgehead atoms. The molecule has 0 spiro atoms. The lowest BCUT2D eigenvalue weighted by molar-refractivity contribution is 0.0954. The maximum absolute atomic E-state index is 12.9. The lowest BCUT2D eigenvalue weighted by Crippen LogP contribution is -2.26. The lowest BCUT2D eigenvalue weighted by Gasteiger charge is -2.18. The molecule has 2 aromatic carbocycles. The van der Waals surface area contributed by atoms with Gasteiger partial charge in [-0.3, -0.25) is 4.79 Å². The maximum atomic E-state index is 12.9. The first-order valence-corrected chi connectivity index (χ1v) is 8.56. The molecule has 1 amide bonds. The molecule has 1 aliphatic rings. The SMILES string of the molecule is CO[C@H]1CCN(c2ccc(C(=O)NCCc3ccc(F)cc3)cc2)C1. The molecule has 1 N–H and O–H groups in total. The number of amides is 1. The van der Waals surface area contributed by atoms with E-state index in [-0.39, 0.29) is 17.8 Å². The molecule has 1 atom stereocenters. The largest absolute Gasteiger partial charge is 0.380 e. The van der Waals surface area contributed by atoms with E-state index in [2.05, 4.69) is 10.2 Å². The zero-order valence-electron chi connectivity index (χ0n) is 14.4. The Balaban J connectivity index is 1.50. The van der Waals surface area contributed by atoms with Crippen molar-refractivity contribution in [2.45, 2.75) is 18.9 Å². The molecule has 1 heterocycles. The standard InChI is InChI=1S/C20H23FN2O2/c1-25-19-11-13-23(14-19)18-8-4-16(5-9-18)20(24)22-12-10-15-2-6-17(21)7-3-15/h2-9,19H,10-14H2,1H3,(H,22,24)/t19-/m0/s1. The second-order valence-electron chi connectivity index (χ2n) is 6.27. The summed E-state index contributed by atoms with van der Waals surface area (Å²) >= 11 is 0. The van der Waals surface area contributed by atoms with Crippen molar-refractivity contribution in [1.29, 1.82) is 0 Å². The van der Waals surface area contributed by atoms with Gasteiger partial charge in [0.05, 0.1) is 6.10 Å². The van der Waals surface area contributed by atoms with E-state index < -0.39 is 0 Å². The molecule has 0 aromatic heterocycles. The Labute approximate surface area is 147 Å². The van der Waals surface area contributed by atoms with Gasteiger partial charge in [0, 0.05) is 38.0 Å². The second-order valence-corrected chi connectivity index (χ2v) is 6.27. The minimum Gasteiger partial charge on any atom is -0.380 e. The van der Waals surface area contributed by atoms with Gasteiger partial charge in [-0.05, 0) is 54.8 Å². The fourth-order valence-corrected chi connectivity index (χ4v) is 3.05. The van der Waals surface area contributed by atoms with Crippen LogP contribution in [0.3, 0.4) is 0 Å². The average molecular weight is 342 g/mol. The van der Waals surface area contributed by atoms with E-state index in [0.29, 0.717) is 18.5 Å². The number of halogens is 1. The van der Waals surface area contributed by atoms with Gasteiger partial charge in [-0.25, -0.2) is 4.39 Å². The van der Waals surface area contributed by atoms with E-state index in [1.165, 1.54) is 12.1 Å². The average Bonchev–Trinajstić information content (AvgIpc) is 3.13. The smallest absolute Gasteiger partial charge is 0.251 e. The molecular formula is C20H23FN2O2. The van der Waals surface area contributed by atoms with Crippen LogP contribution in [0.1, 0.15) is 22.3 Å². The van der Waals surface area contributed by atoms with Crippen LogP contribution in [0.5, 0.6) is 0 Å². The minimum atomic E-state index is -0.248. The van der Waals surface area contributed by atoms with Gasteiger partial charge in [0.15, 0.2) is 0 Å². The van der Waals surface area contributed by atoms with Gasteiger partial charge in [-0.1, -0.05) is 12.1 Å². The summed E-state index contributed by atoms with van der Waals surface area (Å²) in [7, 11) is 1.74. The molecule has 4 nitrogen and oxygen atoms in total. The number of methoxy groups -OCH3 is 1. The number of nitrogens with zero attached hydrogens (tertiary/aromatic N) is 1. The van der Waals surface area contributed by atoms with Crippen molar-refractivity contribution in [3.8, 4) is 0 Å². The molecule has 25 heavy (non-hydrogen) atoms. The molecular weight excluding hydrogens is 319 g/mol. The van der Waals surface area contributed by atoms with Gasteiger partial charge in [-0.2, -0.15) is 0 Å². The minimum absolute atomic E-state index is 0.0927. The van der Waals surface area contributed by atoms with Gasteiger partial charge in [0.2, 0.25) is 0 Å². The number of ether oxygens (including phenoxy) is 1. The zero-order chi connectivity index (χ0) is 17.6. The first kappa shape index (κ1) is 17.4. The van der Waals surface area contributed by atoms with Crippen molar-refractivity contribution in [3.63, 3.8) is 0 Å². The predicted molar refractivity (Wildman–Crippen MR) is 96.5 cm³/mol. The van der Waals surface area contributed by atoms with Crippen LogP contribution < -0.4 is 10.2 Å². The third-order valence-electron chi connectivity index (χ3n) is 4.59. The molecule has 0 radical (unpaired) electrons. The molecule has 1 aliphatic heterocycles. The first-order valence-electron chi connectivity index (χ1n) is 8.56. The van der Waals surface area contributed by atoms with E-state index in [1.807, 2.05) is 24.3 Å². The normalized spacial score (nSPS) is 16.9. The Morgan fingerprint density at radius 1 is 1.20 bits per heavy atom. The third-order valence-corrected chi connectivity index (χ3v) is 4.59. The summed E-state index contributed by atoms with van der Waals surface area (Å²) in [5, 5.41) is 2.90. The Morgan fingerprint density at radius 2 is 1.92 bits per heavy atom. The topological polar surface area (TPSA) is 41.6 Å². The fraction of sp³-hybridized carbons (Fsp3) is 0.350. The molecule has 132 valence electrons. The molecule has 1 saturated heterocycles. The summed E-state index contributed by atoms with van der Waals surface area (Å²) in [5.41, 5.74) is 2.76. The fourth-order valence-electron chi connectivity index (χ4n) is 3.05. The Kier molecular flexibility index (Phi) is 5.66. The number of carbonyl (C=O) groups is 1. The third kappa shape index (κ3) is 4.57. The monoisotopic (exact) mass is 342 g/mol. The second kappa shape index (κ2) is 8.12. The van der Waals surface area contributed by atoms with E-state index in [0.717, 1.165) is 30.8 Å². The molecule has 0 unspecified atom stereocenters. The zero-order valence-corrected chi connectivity index (χ0v) is 14.4. The van der Waals surface area contributed by atoms with E-state index in [9.17, 15) is 9.18 Å². The molecule has 0 saturated carbocycles. The van der Waals surface area contributed by atoms with Crippen LogP contribution in [-0.4, -0.2) is 38.8 Å². The number of hydrogen-bond donors (Lipinski definition) is 1. The van der Waals surface area contributed by atoms with E-state index in [1.54, 1.807) is 19.2 Å². The maximum Gasteiger partial charge on any atom is 0.251 e. The highest BCUT2D eigenvalue weighted by atomic mass is 19.1. The summed E-state index contributed by atoms with van der Waals surface area (Å²) in [6.45, 7) is 2.38. The van der Waals surface area contributed by atoms with Crippen molar-refractivity contribution >= 4 is 11.6 Å². The van der Waals surface area contributed by atoms with Gasteiger partial charge >= 0.3 is 0 Å². The summed E-state index contributed by atoms with van der Waals surface area (Å²) in [4.78, 5) is 14.5. The molecule has 0 aliphatic carbocycles. The van der Waals surface area contributed by atoms with E-state index >= 15 is 0 Å². The van der Waals surface area contributed by atoms with Crippen molar-refractivity contribution in [2.75, 3.05) is 31.6 Å². The number of nitrogens with one attached hydrogen (secondary N) is 1. The number of carbonyl (C=O) groups excluding carboxylic acids is 1. The van der Waals surface area contributed by atoms with Crippen LogP contribution in [0.15, 0.2) is 48.5 Å². The van der Waals surface area contributed by atoms with Gasteiger partial charge < -0.3 is 15.0 Å². The molecule has 5 heteroatoms. The van der Waals surface area contributed by atoms with Crippen LogP contribution >= 0.6 is 0 Å². The van der Waals surface area contributed by atoms with Crippen molar-refractivity contribution < 1.29 is 13.9 Å². The van der Waals surface area contributed by atoms with Crippen molar-refractivity contribution in [2.24, 2.45) is 0 Å². The Bertz CT molecular complexity index is 701. The van der Waals surface area contributed by atoms with E-state index in [4.69, 9.17) is 4.74 Å².